The van der Waals surface area contributed by atoms with E-state index < -0.39 is 11.4 Å². The lowest BCUT2D eigenvalue weighted by Crippen LogP contribution is -2.54. The zero-order valence-corrected chi connectivity index (χ0v) is 13.9. The highest BCUT2D eigenvalue weighted by Crippen LogP contribution is 2.32. The molecule has 1 aliphatic rings. The van der Waals surface area contributed by atoms with Crippen LogP contribution in [0.5, 0.6) is 0 Å². The van der Waals surface area contributed by atoms with Crippen LogP contribution in [0.4, 0.5) is 0 Å². The Morgan fingerprint density at radius 1 is 1.40 bits per heavy atom. The van der Waals surface area contributed by atoms with Gasteiger partial charge in [0.1, 0.15) is 5.54 Å². The summed E-state index contributed by atoms with van der Waals surface area (Å²) < 4.78 is 0.885. The van der Waals surface area contributed by atoms with Gasteiger partial charge in [0.15, 0.2) is 0 Å². The Balaban J connectivity index is 2.30. The van der Waals surface area contributed by atoms with Crippen molar-refractivity contribution in [1.82, 2.24) is 5.32 Å². The highest BCUT2D eigenvalue weighted by Gasteiger charge is 2.37. The highest BCUT2D eigenvalue weighted by atomic mass is 79.9. The van der Waals surface area contributed by atoms with Crippen molar-refractivity contribution in [3.05, 3.63) is 33.3 Å². The molecule has 1 unspecified atom stereocenters. The number of halogens is 2. The predicted octanol–water partition coefficient (Wildman–Crippen LogP) is 3.73. The van der Waals surface area contributed by atoms with Crippen molar-refractivity contribution >= 4 is 33.4 Å². The van der Waals surface area contributed by atoms with E-state index in [0.717, 1.165) is 22.9 Å². The Labute approximate surface area is 133 Å². The van der Waals surface area contributed by atoms with Gasteiger partial charge in [0.25, 0.3) is 0 Å². The largest absolute Gasteiger partial charge is 0.368 e. The summed E-state index contributed by atoms with van der Waals surface area (Å²) in [6.45, 7) is 1.82. The van der Waals surface area contributed by atoms with Gasteiger partial charge in [-0.2, -0.15) is 0 Å². The topological polar surface area (TPSA) is 55.1 Å². The molecule has 0 bridgehead atoms. The van der Waals surface area contributed by atoms with Gasteiger partial charge in [-0.15, -0.1) is 0 Å². The lowest BCUT2D eigenvalue weighted by Gasteiger charge is -2.35. The zero-order chi connectivity index (χ0) is 14.8. The average Bonchev–Trinajstić information content (AvgIpc) is 2.39. The van der Waals surface area contributed by atoms with Gasteiger partial charge in [0.05, 0.1) is 0 Å². The van der Waals surface area contributed by atoms with E-state index in [1.54, 1.807) is 6.07 Å². The monoisotopic (exact) mass is 358 g/mol. The summed E-state index contributed by atoms with van der Waals surface area (Å²) >= 11 is 9.68. The Kier molecular flexibility index (Phi) is 5.10. The molecule has 1 aromatic carbocycles. The second-order valence-corrected chi connectivity index (χ2v) is 6.92. The van der Waals surface area contributed by atoms with Crippen molar-refractivity contribution in [2.75, 3.05) is 0 Å². The van der Waals surface area contributed by atoms with Gasteiger partial charge in [0.2, 0.25) is 5.91 Å². The van der Waals surface area contributed by atoms with E-state index in [0.29, 0.717) is 11.1 Å². The van der Waals surface area contributed by atoms with E-state index in [4.69, 9.17) is 17.3 Å². The van der Waals surface area contributed by atoms with Crippen LogP contribution in [0, 0.1) is 0 Å². The molecule has 1 aromatic rings. The maximum absolute atomic E-state index is 12.0. The van der Waals surface area contributed by atoms with Crippen molar-refractivity contribution in [2.24, 2.45) is 5.73 Å². The van der Waals surface area contributed by atoms with E-state index in [-0.39, 0.29) is 0 Å². The van der Waals surface area contributed by atoms with E-state index in [1.165, 1.54) is 19.3 Å². The van der Waals surface area contributed by atoms with E-state index in [2.05, 4.69) is 21.2 Å². The van der Waals surface area contributed by atoms with Crippen LogP contribution < -0.4 is 11.1 Å². The molecule has 0 heterocycles. The number of hydrogen-bond acceptors (Lipinski definition) is 2. The Morgan fingerprint density at radius 3 is 2.60 bits per heavy atom. The third-order valence-corrected chi connectivity index (χ3v) is 4.87. The number of nitrogens with two attached hydrogens (primary N) is 1. The van der Waals surface area contributed by atoms with Gasteiger partial charge < -0.3 is 5.73 Å². The van der Waals surface area contributed by atoms with E-state index in [9.17, 15) is 4.79 Å². The molecular formula is C15H20BrClN2O. The predicted molar refractivity (Wildman–Crippen MR) is 85.7 cm³/mol. The molecule has 0 spiro atoms. The van der Waals surface area contributed by atoms with E-state index in [1.807, 2.05) is 19.1 Å². The molecule has 0 aromatic heterocycles. The molecule has 0 aliphatic heterocycles. The van der Waals surface area contributed by atoms with Crippen LogP contribution >= 0.6 is 27.5 Å². The Bertz CT molecular complexity index is 503. The van der Waals surface area contributed by atoms with Crippen molar-refractivity contribution in [3.63, 3.8) is 0 Å². The highest BCUT2D eigenvalue weighted by molar-refractivity contribution is 9.10. The third kappa shape index (κ3) is 3.35. The van der Waals surface area contributed by atoms with Crippen LogP contribution in [-0.2, 0) is 10.3 Å². The standard InChI is InChI=1S/C15H20BrClN2O/c1-15(14(18)20,19-11-5-3-2-4-6-11)12-8-7-10(16)9-13(12)17/h7-9,11,19H,2-6H2,1H3,(H2,18,20). The molecular weight excluding hydrogens is 340 g/mol. The van der Waals surface area contributed by atoms with E-state index >= 15 is 0 Å². The van der Waals surface area contributed by atoms with Gasteiger partial charge in [-0.05, 0) is 37.5 Å². The van der Waals surface area contributed by atoms with Gasteiger partial charge in [-0.3, -0.25) is 10.1 Å². The molecule has 3 N–H and O–H groups in total. The molecule has 0 radical (unpaired) electrons. The second kappa shape index (κ2) is 6.46. The fourth-order valence-corrected chi connectivity index (χ4v) is 3.69. The average molecular weight is 360 g/mol. The molecule has 5 heteroatoms. The van der Waals surface area contributed by atoms with Crippen LogP contribution in [0.3, 0.4) is 0 Å². The van der Waals surface area contributed by atoms with Crippen LogP contribution in [0.1, 0.15) is 44.6 Å². The molecule has 3 nitrogen and oxygen atoms in total. The molecule has 2 rings (SSSR count). The molecule has 1 aliphatic carbocycles. The fourth-order valence-electron chi connectivity index (χ4n) is 2.83. The number of benzene rings is 1. The zero-order valence-electron chi connectivity index (χ0n) is 11.6. The molecule has 0 saturated heterocycles. The SMILES string of the molecule is CC(NC1CCCCC1)(C(N)=O)c1ccc(Br)cc1Cl. The maximum Gasteiger partial charge on any atom is 0.242 e. The first kappa shape index (κ1) is 15.8. The molecule has 1 atom stereocenters. The lowest BCUT2D eigenvalue weighted by molar-refractivity contribution is -0.124. The summed E-state index contributed by atoms with van der Waals surface area (Å²) in [4.78, 5) is 12.0. The molecule has 1 saturated carbocycles. The number of rotatable bonds is 4. The summed E-state index contributed by atoms with van der Waals surface area (Å²) in [6.07, 6.45) is 5.82. The Hall–Kier alpha value is -0.580. The normalized spacial score (nSPS) is 19.6. The van der Waals surface area contributed by atoms with Crippen LogP contribution in [-0.4, -0.2) is 11.9 Å². The smallest absolute Gasteiger partial charge is 0.242 e. The fraction of sp³-hybridized carbons (Fsp3) is 0.533. The van der Waals surface area contributed by atoms with Gasteiger partial charge >= 0.3 is 0 Å². The quantitative estimate of drug-likeness (QED) is 0.860. The van der Waals surface area contributed by atoms with Crippen LogP contribution in [0.25, 0.3) is 0 Å². The molecule has 20 heavy (non-hydrogen) atoms. The first-order valence-corrected chi connectivity index (χ1v) is 8.13. The van der Waals surface area contributed by atoms with Gasteiger partial charge in [-0.1, -0.05) is 52.9 Å². The molecule has 1 fully saturated rings. The minimum absolute atomic E-state index is 0.320. The minimum atomic E-state index is -0.931. The number of carbonyl (C=O) groups is 1. The number of amides is 1. The summed E-state index contributed by atoms with van der Waals surface area (Å²) in [5.41, 5.74) is 5.46. The second-order valence-electron chi connectivity index (χ2n) is 5.59. The van der Waals surface area contributed by atoms with Gasteiger partial charge in [-0.25, -0.2) is 0 Å². The summed E-state index contributed by atoms with van der Waals surface area (Å²) in [7, 11) is 0. The number of primary amides is 1. The van der Waals surface area contributed by atoms with Crippen molar-refractivity contribution in [2.45, 2.75) is 50.6 Å². The lowest BCUT2D eigenvalue weighted by atomic mass is 9.87. The number of carbonyl (C=O) groups excluding carboxylic acids is 1. The number of hydrogen-bond donors (Lipinski definition) is 2. The van der Waals surface area contributed by atoms with Crippen molar-refractivity contribution < 1.29 is 4.79 Å². The molecule has 1 amide bonds. The first-order valence-electron chi connectivity index (χ1n) is 6.96. The molecule has 110 valence electrons. The summed E-state index contributed by atoms with van der Waals surface area (Å²) in [5, 5.41) is 3.98. The Morgan fingerprint density at radius 2 is 2.05 bits per heavy atom. The minimum Gasteiger partial charge on any atom is -0.368 e. The van der Waals surface area contributed by atoms with Crippen LogP contribution in [0.15, 0.2) is 22.7 Å². The summed E-state index contributed by atoms with van der Waals surface area (Å²) in [6, 6.07) is 5.85. The van der Waals surface area contributed by atoms with Crippen LogP contribution in [0.2, 0.25) is 5.02 Å². The van der Waals surface area contributed by atoms with Gasteiger partial charge in [0, 0.05) is 15.5 Å². The van der Waals surface area contributed by atoms with Crippen molar-refractivity contribution in [3.8, 4) is 0 Å². The number of nitrogens with one attached hydrogen (secondary N) is 1. The van der Waals surface area contributed by atoms with Crippen molar-refractivity contribution in [1.29, 1.82) is 0 Å². The summed E-state index contributed by atoms with van der Waals surface area (Å²) in [5.74, 6) is -0.396. The maximum atomic E-state index is 12.0. The first-order chi connectivity index (χ1) is 9.43. The third-order valence-electron chi connectivity index (χ3n) is 4.06.